The first-order valence-electron chi connectivity index (χ1n) is 18.7. The van der Waals surface area contributed by atoms with E-state index in [1.54, 1.807) is 0 Å². The van der Waals surface area contributed by atoms with Crippen LogP contribution in [0.1, 0.15) is 43.7 Å². The second-order valence-corrected chi connectivity index (χ2v) is 16.7. The summed E-state index contributed by atoms with van der Waals surface area (Å²) >= 11 is 0. The summed E-state index contributed by atoms with van der Waals surface area (Å²) in [5.74, 6) is 1.49. The van der Waals surface area contributed by atoms with E-state index in [2.05, 4.69) is 99.4 Å². The largest absolute Gasteiger partial charge is 0.392 e. The number of fused-ring (bicyclic) bond motifs is 8. The molecule has 2 spiro atoms. The van der Waals surface area contributed by atoms with Crippen molar-refractivity contribution in [2.75, 3.05) is 36.0 Å². The second-order valence-electron chi connectivity index (χ2n) is 16.7. The molecule has 248 valence electrons. The molecule has 11 atom stereocenters. The van der Waals surface area contributed by atoms with Crippen LogP contribution in [0.4, 0.5) is 11.4 Å². The van der Waals surface area contributed by atoms with Crippen LogP contribution in [0.2, 0.25) is 0 Å². The molecule has 2 saturated carbocycles. The third-order valence-electron chi connectivity index (χ3n) is 15.7. The molecule has 8 heterocycles. The summed E-state index contributed by atoms with van der Waals surface area (Å²) in [4.78, 5) is 39.0. The maximum absolute atomic E-state index is 15.5. The summed E-state index contributed by atoms with van der Waals surface area (Å²) in [5, 5.41) is 10.2. The zero-order valence-electron chi connectivity index (χ0n) is 27.9. The number of aliphatic hydroxyl groups is 1. The molecule has 12 rings (SSSR count). The van der Waals surface area contributed by atoms with Crippen LogP contribution in [-0.4, -0.2) is 83.2 Å². The van der Waals surface area contributed by atoms with Crippen LogP contribution >= 0.6 is 0 Å². The minimum Gasteiger partial charge on any atom is -0.392 e. The fourth-order valence-electron chi connectivity index (χ4n) is 14.2. The summed E-state index contributed by atoms with van der Waals surface area (Å²) in [7, 11) is 0. The molecule has 7 heteroatoms. The van der Waals surface area contributed by atoms with Crippen LogP contribution in [0.3, 0.4) is 0 Å². The van der Waals surface area contributed by atoms with Gasteiger partial charge in [-0.15, -0.1) is 0 Å². The number of piperidine rings is 2. The molecule has 10 aliphatic rings. The van der Waals surface area contributed by atoms with Crippen LogP contribution < -0.4 is 9.80 Å². The summed E-state index contributed by atoms with van der Waals surface area (Å²) in [6.07, 6.45) is 15.0. The van der Waals surface area contributed by atoms with Crippen molar-refractivity contribution in [2.45, 2.75) is 73.6 Å². The first-order chi connectivity index (χ1) is 24.0. The molecule has 2 aromatic rings. The molecule has 1 N–H and O–H groups in total. The van der Waals surface area contributed by atoms with Gasteiger partial charge in [0.1, 0.15) is 0 Å². The Morgan fingerprint density at radius 2 is 1.57 bits per heavy atom. The molecule has 7 nitrogen and oxygen atoms in total. The summed E-state index contributed by atoms with van der Waals surface area (Å²) in [6.45, 7) is 5.08. The Balaban J connectivity index is 1.07. The number of hydrogen-bond donors (Lipinski definition) is 1. The minimum absolute atomic E-state index is 0.0301. The fraction of sp³-hybridized carbons (Fsp3) is 0.476. The molecular weight excluding hydrogens is 608 g/mol. The van der Waals surface area contributed by atoms with Crippen LogP contribution in [0.5, 0.6) is 0 Å². The van der Waals surface area contributed by atoms with E-state index in [1.165, 1.54) is 22.3 Å². The average molecular weight is 651 g/mol. The molecule has 4 saturated heterocycles. The maximum Gasteiger partial charge on any atom is 0.255 e. The lowest BCUT2D eigenvalue weighted by atomic mass is 9.54. The lowest BCUT2D eigenvalue weighted by molar-refractivity contribution is -0.118. The first-order valence-corrected chi connectivity index (χ1v) is 18.7. The van der Waals surface area contributed by atoms with Crippen LogP contribution in [0.25, 0.3) is 0 Å². The van der Waals surface area contributed by atoms with E-state index >= 15 is 4.79 Å². The van der Waals surface area contributed by atoms with E-state index < -0.39 is 0 Å². The smallest absolute Gasteiger partial charge is 0.255 e. The Hall–Kier alpha value is -3.78. The minimum atomic E-state index is -0.222. The number of hydrogen-bond acceptors (Lipinski definition) is 5. The first kappa shape index (κ1) is 28.0. The van der Waals surface area contributed by atoms with Gasteiger partial charge in [-0.1, -0.05) is 71.8 Å². The summed E-state index contributed by atoms with van der Waals surface area (Å²) in [5.41, 5.74) is 8.39. The molecule has 2 amide bonds. The van der Waals surface area contributed by atoms with Gasteiger partial charge >= 0.3 is 0 Å². The quantitative estimate of drug-likeness (QED) is 0.486. The van der Waals surface area contributed by atoms with E-state index in [0.29, 0.717) is 17.9 Å². The number of anilines is 2. The van der Waals surface area contributed by atoms with Gasteiger partial charge in [0.05, 0.1) is 18.7 Å². The highest BCUT2D eigenvalue weighted by atomic mass is 16.2. The molecule has 2 aromatic carbocycles. The third-order valence-corrected chi connectivity index (χ3v) is 15.7. The zero-order valence-corrected chi connectivity index (χ0v) is 27.9. The van der Waals surface area contributed by atoms with Crippen molar-refractivity contribution in [3.05, 3.63) is 107 Å². The number of aliphatic hydroxyl groups excluding tert-OH is 1. The van der Waals surface area contributed by atoms with Crippen molar-refractivity contribution in [3.63, 3.8) is 0 Å². The maximum atomic E-state index is 15.5. The summed E-state index contributed by atoms with van der Waals surface area (Å²) in [6, 6.07) is 18.3. The SMILES string of the molecule is C/C=C1/CN2[C@@H](C3=C[C@@H]4[C@@H]5N(C3=O)c3ccccc3[C@@]53CCN5C/C(=C/CO)[C@@H]4C[C@H]53)C[C@]34c5ccccc5N5C(=O)C=C[C@H]([C@H]53)[C@H]1C[C@H]24. The van der Waals surface area contributed by atoms with E-state index in [1.807, 2.05) is 6.08 Å². The van der Waals surface area contributed by atoms with Gasteiger partial charge in [-0.05, 0) is 80.3 Å². The lowest BCUT2D eigenvalue weighted by Crippen LogP contribution is -2.66. The zero-order chi connectivity index (χ0) is 32.6. The van der Waals surface area contributed by atoms with Crippen LogP contribution in [-0.2, 0) is 20.4 Å². The highest BCUT2D eigenvalue weighted by molar-refractivity contribution is 6.10. The monoisotopic (exact) mass is 650 g/mol. The van der Waals surface area contributed by atoms with Crippen molar-refractivity contribution in [1.82, 2.24) is 9.80 Å². The number of carbonyl (C=O) groups excluding carboxylic acids is 2. The van der Waals surface area contributed by atoms with E-state index in [-0.39, 0.29) is 65.3 Å². The normalized spacial score (nSPS) is 44.8. The molecule has 8 aliphatic heterocycles. The second kappa shape index (κ2) is 9.11. The Bertz CT molecular complexity index is 2030. The third kappa shape index (κ3) is 2.96. The number of allylic oxidation sites excluding steroid dienone is 1. The average Bonchev–Trinajstić information content (AvgIpc) is 3.86. The van der Waals surface area contributed by atoms with Gasteiger partial charge in [-0.2, -0.15) is 0 Å². The molecule has 0 unspecified atom stereocenters. The molecule has 0 aromatic heterocycles. The molecule has 49 heavy (non-hydrogen) atoms. The topological polar surface area (TPSA) is 67.3 Å². The number of nitrogens with zero attached hydrogens (tertiary/aromatic N) is 4. The van der Waals surface area contributed by atoms with Gasteiger partial charge in [-0.3, -0.25) is 19.4 Å². The van der Waals surface area contributed by atoms with Gasteiger partial charge in [0, 0.05) is 70.8 Å². The highest BCUT2D eigenvalue weighted by Gasteiger charge is 2.73. The Kier molecular flexibility index (Phi) is 5.20. The Labute approximate surface area is 287 Å². The number of benzene rings is 2. The van der Waals surface area contributed by atoms with Crippen molar-refractivity contribution in [2.24, 2.45) is 23.7 Å². The molecular formula is C42H42N4O3. The van der Waals surface area contributed by atoms with Crippen LogP contribution in [0, 0.1) is 23.7 Å². The van der Waals surface area contributed by atoms with Crippen molar-refractivity contribution >= 4 is 23.2 Å². The molecule has 6 fully saturated rings. The van der Waals surface area contributed by atoms with Crippen LogP contribution in [0.15, 0.2) is 95.6 Å². The van der Waals surface area contributed by atoms with E-state index in [0.717, 1.165) is 62.3 Å². The predicted molar refractivity (Wildman–Crippen MR) is 187 cm³/mol. The standard InChI is InChI=1S/C42H42N4O3/c1-2-23-22-44-34(20-42-31-8-4-5-9-32(31)45-37(48)12-11-25(38(42)45)26(23)19-36(42)44)29-17-28-27-18-35-41(14-15-43(35)21-24(27)13-16-47)30-7-3-6-10-33(30)46(39(28)41)40(29)49/h2-13,17,25-28,34-36,38-39,47H,14-16,18-22H2,1H3/b23-2-,24-13-/t25-,26-,27-,28-,34+,35-,36-,38-,39-,41+,42+/m0/s1. The van der Waals surface area contributed by atoms with Crippen molar-refractivity contribution in [1.29, 1.82) is 0 Å². The van der Waals surface area contributed by atoms with Crippen molar-refractivity contribution < 1.29 is 14.7 Å². The summed E-state index contributed by atoms with van der Waals surface area (Å²) < 4.78 is 0. The van der Waals surface area contributed by atoms with Gasteiger partial charge in [-0.25, -0.2) is 0 Å². The molecule has 2 aliphatic carbocycles. The van der Waals surface area contributed by atoms with E-state index in [9.17, 15) is 9.90 Å². The number of carbonyl (C=O) groups is 2. The number of rotatable bonds is 2. The van der Waals surface area contributed by atoms with Gasteiger partial charge in [0.15, 0.2) is 0 Å². The molecule has 4 bridgehead atoms. The van der Waals surface area contributed by atoms with E-state index in [4.69, 9.17) is 0 Å². The predicted octanol–water partition coefficient (Wildman–Crippen LogP) is 4.48. The Morgan fingerprint density at radius 1 is 0.857 bits per heavy atom. The number of para-hydroxylation sites is 2. The fourth-order valence-corrected chi connectivity index (χ4v) is 14.2. The Morgan fingerprint density at radius 3 is 2.37 bits per heavy atom. The number of amides is 2. The molecule has 0 radical (unpaired) electrons. The van der Waals surface area contributed by atoms with Gasteiger partial charge in [0.2, 0.25) is 0 Å². The van der Waals surface area contributed by atoms with Gasteiger partial charge in [0.25, 0.3) is 11.8 Å². The lowest BCUT2D eigenvalue weighted by Gasteiger charge is -2.57. The van der Waals surface area contributed by atoms with Gasteiger partial charge < -0.3 is 14.9 Å². The van der Waals surface area contributed by atoms with Crippen molar-refractivity contribution in [3.8, 4) is 0 Å². The highest BCUT2D eigenvalue weighted by Crippen LogP contribution is 2.68.